The van der Waals surface area contributed by atoms with Crippen molar-refractivity contribution in [3.63, 3.8) is 0 Å². The summed E-state index contributed by atoms with van der Waals surface area (Å²) in [7, 11) is 1.42. The van der Waals surface area contributed by atoms with E-state index in [0.29, 0.717) is 0 Å². The standard InChI is InChI=1S/C8H15NO2.ClH/c1-8(2)5(4-6(8)9)7(10)11-3;/h5-6H,4,9H2,1-3H3;1H. The molecule has 1 aliphatic carbocycles. The van der Waals surface area contributed by atoms with E-state index in [4.69, 9.17) is 5.73 Å². The zero-order valence-corrected chi connectivity index (χ0v) is 8.48. The van der Waals surface area contributed by atoms with Crippen LogP contribution in [0.25, 0.3) is 0 Å². The number of halogens is 1. The van der Waals surface area contributed by atoms with Gasteiger partial charge in [-0.05, 0) is 11.8 Å². The van der Waals surface area contributed by atoms with Crippen LogP contribution in [0, 0.1) is 11.3 Å². The molecule has 2 N–H and O–H groups in total. The first-order chi connectivity index (χ1) is 5.00. The molecule has 1 fully saturated rings. The Balaban J connectivity index is 0.00000121. The second-order valence-corrected chi connectivity index (χ2v) is 3.74. The number of hydrogen-bond donors (Lipinski definition) is 1. The number of hydrogen-bond acceptors (Lipinski definition) is 3. The van der Waals surface area contributed by atoms with Crippen molar-refractivity contribution in [2.24, 2.45) is 17.1 Å². The Morgan fingerprint density at radius 3 is 2.33 bits per heavy atom. The van der Waals surface area contributed by atoms with Gasteiger partial charge in [-0.2, -0.15) is 0 Å². The van der Waals surface area contributed by atoms with Gasteiger partial charge in [0.15, 0.2) is 0 Å². The monoisotopic (exact) mass is 193 g/mol. The highest BCUT2D eigenvalue weighted by atomic mass is 35.5. The van der Waals surface area contributed by atoms with E-state index in [1.54, 1.807) is 0 Å². The van der Waals surface area contributed by atoms with Crippen LogP contribution in [0.15, 0.2) is 0 Å². The van der Waals surface area contributed by atoms with Crippen molar-refractivity contribution in [3.8, 4) is 0 Å². The minimum atomic E-state index is -0.128. The molecule has 72 valence electrons. The third kappa shape index (κ3) is 1.57. The Hall–Kier alpha value is -0.280. The van der Waals surface area contributed by atoms with Crippen LogP contribution in [-0.4, -0.2) is 19.1 Å². The fourth-order valence-electron chi connectivity index (χ4n) is 1.50. The molecule has 2 unspecified atom stereocenters. The highest BCUT2D eigenvalue weighted by molar-refractivity contribution is 5.85. The summed E-state index contributed by atoms with van der Waals surface area (Å²) in [6.45, 7) is 4.01. The summed E-state index contributed by atoms with van der Waals surface area (Å²) in [4.78, 5) is 11.1. The zero-order chi connectivity index (χ0) is 8.65. The topological polar surface area (TPSA) is 52.3 Å². The quantitative estimate of drug-likeness (QED) is 0.631. The van der Waals surface area contributed by atoms with Gasteiger partial charge in [-0.25, -0.2) is 0 Å². The molecular weight excluding hydrogens is 178 g/mol. The molecule has 0 aliphatic heterocycles. The molecule has 0 spiro atoms. The van der Waals surface area contributed by atoms with Crippen molar-refractivity contribution in [3.05, 3.63) is 0 Å². The van der Waals surface area contributed by atoms with Crippen LogP contribution >= 0.6 is 12.4 Å². The Bertz CT molecular complexity index is 182. The molecule has 0 amide bonds. The van der Waals surface area contributed by atoms with Gasteiger partial charge in [0.05, 0.1) is 13.0 Å². The van der Waals surface area contributed by atoms with Crippen molar-refractivity contribution < 1.29 is 9.53 Å². The number of nitrogens with two attached hydrogens (primary N) is 1. The molecule has 1 aliphatic rings. The number of methoxy groups -OCH3 is 1. The average molecular weight is 194 g/mol. The average Bonchev–Trinajstić information content (AvgIpc) is 1.98. The first-order valence-corrected chi connectivity index (χ1v) is 3.83. The van der Waals surface area contributed by atoms with Gasteiger partial charge < -0.3 is 10.5 Å². The molecule has 0 aromatic carbocycles. The lowest BCUT2D eigenvalue weighted by molar-refractivity contribution is -0.157. The fraction of sp³-hybridized carbons (Fsp3) is 0.875. The van der Waals surface area contributed by atoms with Gasteiger partial charge in [0.1, 0.15) is 0 Å². The van der Waals surface area contributed by atoms with Crippen LogP contribution in [0.5, 0.6) is 0 Å². The maximum absolute atomic E-state index is 11.1. The van der Waals surface area contributed by atoms with Crippen LogP contribution in [0.2, 0.25) is 0 Å². The van der Waals surface area contributed by atoms with E-state index in [9.17, 15) is 4.79 Å². The van der Waals surface area contributed by atoms with Gasteiger partial charge in [-0.3, -0.25) is 4.79 Å². The van der Waals surface area contributed by atoms with E-state index in [2.05, 4.69) is 4.74 Å². The van der Waals surface area contributed by atoms with Crippen molar-refractivity contribution in [2.45, 2.75) is 26.3 Å². The molecule has 1 saturated carbocycles. The summed E-state index contributed by atoms with van der Waals surface area (Å²) >= 11 is 0. The molecular formula is C8H16ClNO2. The molecule has 4 heteroatoms. The first kappa shape index (κ1) is 11.7. The predicted octanol–water partition coefficient (Wildman–Crippen LogP) is 0.955. The zero-order valence-electron chi connectivity index (χ0n) is 7.66. The lowest BCUT2D eigenvalue weighted by Gasteiger charge is -2.48. The number of rotatable bonds is 1. The second kappa shape index (κ2) is 3.62. The summed E-state index contributed by atoms with van der Waals surface area (Å²) < 4.78 is 4.64. The van der Waals surface area contributed by atoms with Gasteiger partial charge in [-0.1, -0.05) is 13.8 Å². The molecule has 3 nitrogen and oxygen atoms in total. The molecule has 0 bridgehead atoms. The van der Waals surface area contributed by atoms with Gasteiger partial charge in [0.25, 0.3) is 0 Å². The second-order valence-electron chi connectivity index (χ2n) is 3.74. The number of esters is 1. The number of carbonyl (C=O) groups excluding carboxylic acids is 1. The van der Waals surface area contributed by atoms with Gasteiger partial charge >= 0.3 is 5.97 Å². The third-order valence-corrected chi connectivity index (χ3v) is 2.83. The van der Waals surface area contributed by atoms with Gasteiger partial charge in [0, 0.05) is 6.04 Å². The smallest absolute Gasteiger partial charge is 0.309 e. The minimum Gasteiger partial charge on any atom is -0.469 e. The third-order valence-electron chi connectivity index (χ3n) is 2.83. The van der Waals surface area contributed by atoms with Gasteiger partial charge in [-0.15, -0.1) is 12.4 Å². The lowest BCUT2D eigenvalue weighted by atomic mass is 9.59. The maximum atomic E-state index is 11.1. The normalized spacial score (nSPS) is 31.3. The summed E-state index contributed by atoms with van der Waals surface area (Å²) in [6.07, 6.45) is 0.764. The molecule has 12 heavy (non-hydrogen) atoms. The Morgan fingerprint density at radius 1 is 1.58 bits per heavy atom. The molecule has 0 saturated heterocycles. The summed E-state index contributed by atoms with van der Waals surface area (Å²) in [5, 5.41) is 0. The predicted molar refractivity (Wildman–Crippen MR) is 49.1 cm³/mol. The Kier molecular flexibility index (Phi) is 3.54. The van der Waals surface area contributed by atoms with Gasteiger partial charge in [0.2, 0.25) is 0 Å². The minimum absolute atomic E-state index is 0. The van der Waals surface area contributed by atoms with Crippen LogP contribution in [0.3, 0.4) is 0 Å². The highest BCUT2D eigenvalue weighted by Crippen LogP contribution is 2.45. The molecule has 0 aromatic rings. The molecule has 0 radical (unpaired) electrons. The fourth-order valence-corrected chi connectivity index (χ4v) is 1.50. The van der Waals surface area contributed by atoms with E-state index in [1.165, 1.54) is 7.11 Å². The first-order valence-electron chi connectivity index (χ1n) is 3.83. The number of carbonyl (C=O) groups is 1. The van der Waals surface area contributed by atoms with Crippen molar-refractivity contribution in [1.82, 2.24) is 0 Å². The highest BCUT2D eigenvalue weighted by Gasteiger charge is 2.50. The van der Waals surface area contributed by atoms with E-state index < -0.39 is 0 Å². The summed E-state index contributed by atoms with van der Waals surface area (Å²) in [6, 6.07) is 0.145. The van der Waals surface area contributed by atoms with Crippen molar-refractivity contribution in [2.75, 3.05) is 7.11 Å². The molecule has 1 rings (SSSR count). The van der Waals surface area contributed by atoms with E-state index in [1.807, 2.05) is 13.8 Å². The summed E-state index contributed by atoms with van der Waals surface area (Å²) in [5.41, 5.74) is 5.66. The van der Waals surface area contributed by atoms with Crippen LogP contribution in [0.1, 0.15) is 20.3 Å². The lowest BCUT2D eigenvalue weighted by Crippen LogP contribution is -2.57. The molecule has 0 aromatic heterocycles. The Morgan fingerprint density at radius 2 is 2.08 bits per heavy atom. The van der Waals surface area contributed by atoms with Crippen molar-refractivity contribution in [1.29, 1.82) is 0 Å². The van der Waals surface area contributed by atoms with Crippen molar-refractivity contribution >= 4 is 18.4 Å². The van der Waals surface area contributed by atoms with Crippen LogP contribution < -0.4 is 5.73 Å². The Labute approximate surface area is 79.1 Å². The van der Waals surface area contributed by atoms with E-state index >= 15 is 0 Å². The van der Waals surface area contributed by atoms with E-state index in [-0.39, 0.29) is 35.8 Å². The largest absolute Gasteiger partial charge is 0.469 e. The molecule has 2 atom stereocenters. The number of ether oxygens (including phenoxy) is 1. The summed E-state index contributed by atoms with van der Waals surface area (Å²) in [5.74, 6) is -0.126. The van der Waals surface area contributed by atoms with Crippen LogP contribution in [-0.2, 0) is 9.53 Å². The maximum Gasteiger partial charge on any atom is 0.309 e. The van der Waals surface area contributed by atoms with E-state index in [0.717, 1.165) is 6.42 Å². The molecule has 0 heterocycles. The SMILES string of the molecule is COC(=O)C1CC(N)C1(C)C.Cl. The van der Waals surface area contributed by atoms with Crippen LogP contribution in [0.4, 0.5) is 0 Å².